The molecule has 1 aliphatic heterocycles. The van der Waals surface area contributed by atoms with Gasteiger partial charge in [0.25, 0.3) is 0 Å². The van der Waals surface area contributed by atoms with Crippen molar-refractivity contribution in [3.63, 3.8) is 0 Å². The fourth-order valence-electron chi connectivity index (χ4n) is 3.29. The maximum Gasteiger partial charge on any atom is 0.323 e. The highest BCUT2D eigenvalue weighted by Gasteiger charge is 2.50. The van der Waals surface area contributed by atoms with Crippen molar-refractivity contribution in [3.8, 4) is 0 Å². The van der Waals surface area contributed by atoms with Crippen LogP contribution in [-0.2, 0) is 19.1 Å². The van der Waals surface area contributed by atoms with Gasteiger partial charge in [-0.3, -0.25) is 14.9 Å². The van der Waals surface area contributed by atoms with E-state index in [1.807, 2.05) is 78.8 Å². The first-order valence-electron chi connectivity index (χ1n) is 9.16. The molecule has 2 rings (SSSR count). The molecule has 1 saturated heterocycles. The molecule has 26 heavy (non-hydrogen) atoms. The number of benzene rings is 1. The van der Waals surface area contributed by atoms with Crippen molar-refractivity contribution in [1.29, 1.82) is 0 Å². The Balaban J connectivity index is 2.32. The van der Waals surface area contributed by atoms with Gasteiger partial charge in [0, 0.05) is 6.04 Å². The van der Waals surface area contributed by atoms with Gasteiger partial charge in [0.2, 0.25) is 0 Å². The molecule has 1 aromatic rings. The third-order valence-corrected chi connectivity index (χ3v) is 4.31. The predicted molar refractivity (Wildman–Crippen MR) is 100 cm³/mol. The molecule has 1 N–H and O–H groups in total. The van der Waals surface area contributed by atoms with E-state index in [0.29, 0.717) is 0 Å². The van der Waals surface area contributed by atoms with Crippen LogP contribution in [0.5, 0.6) is 0 Å². The van der Waals surface area contributed by atoms with E-state index < -0.39 is 23.2 Å². The van der Waals surface area contributed by atoms with Gasteiger partial charge in [-0.1, -0.05) is 37.3 Å². The Hall–Kier alpha value is -1.88. The van der Waals surface area contributed by atoms with Crippen molar-refractivity contribution >= 4 is 11.9 Å². The Bertz CT molecular complexity index is 642. The van der Waals surface area contributed by atoms with Crippen LogP contribution in [0.2, 0.25) is 0 Å². The first-order chi connectivity index (χ1) is 11.9. The zero-order valence-corrected chi connectivity index (χ0v) is 16.8. The first-order valence-corrected chi connectivity index (χ1v) is 9.16. The largest absolute Gasteiger partial charge is 0.460 e. The van der Waals surface area contributed by atoms with Crippen molar-refractivity contribution in [1.82, 2.24) is 5.32 Å². The van der Waals surface area contributed by atoms with E-state index in [1.165, 1.54) is 0 Å². The molecule has 5 heteroatoms. The summed E-state index contributed by atoms with van der Waals surface area (Å²) < 4.78 is 11.2. The average molecular weight is 361 g/mol. The number of ether oxygens (including phenoxy) is 2. The molecule has 5 nitrogen and oxygen atoms in total. The highest BCUT2D eigenvalue weighted by Crippen LogP contribution is 2.39. The summed E-state index contributed by atoms with van der Waals surface area (Å²) in [5, 5.41) is 3.32. The van der Waals surface area contributed by atoms with Crippen LogP contribution in [-0.4, -0.2) is 29.2 Å². The molecule has 0 bridgehead atoms. The third kappa shape index (κ3) is 5.07. The van der Waals surface area contributed by atoms with Crippen molar-refractivity contribution < 1.29 is 19.1 Å². The van der Waals surface area contributed by atoms with Crippen molar-refractivity contribution in [2.24, 2.45) is 11.8 Å². The maximum atomic E-state index is 12.9. The number of esters is 2. The maximum absolute atomic E-state index is 12.9. The van der Waals surface area contributed by atoms with E-state index >= 15 is 0 Å². The zero-order valence-electron chi connectivity index (χ0n) is 16.8. The Labute approximate surface area is 156 Å². The topological polar surface area (TPSA) is 64.6 Å². The van der Waals surface area contributed by atoms with E-state index in [1.54, 1.807) is 0 Å². The summed E-state index contributed by atoms with van der Waals surface area (Å²) in [4.78, 5) is 25.6. The number of hydrogen-bond acceptors (Lipinski definition) is 5. The highest BCUT2D eigenvalue weighted by atomic mass is 16.6. The minimum atomic E-state index is -0.581. The summed E-state index contributed by atoms with van der Waals surface area (Å²) in [6.07, 6.45) is 0. The highest BCUT2D eigenvalue weighted by molar-refractivity contribution is 5.81. The van der Waals surface area contributed by atoms with Crippen LogP contribution in [0.3, 0.4) is 0 Å². The summed E-state index contributed by atoms with van der Waals surface area (Å²) in [6.45, 7) is 13.0. The summed E-state index contributed by atoms with van der Waals surface area (Å²) in [5.41, 5.74) is -0.200. The van der Waals surface area contributed by atoms with Crippen LogP contribution < -0.4 is 5.32 Å². The lowest BCUT2D eigenvalue weighted by atomic mass is 9.85. The Morgan fingerprint density at radius 1 is 0.885 bits per heavy atom. The lowest BCUT2D eigenvalue weighted by Gasteiger charge is -2.27. The molecular formula is C21H31NO4. The molecule has 0 spiro atoms. The van der Waals surface area contributed by atoms with Gasteiger partial charge in [0.15, 0.2) is 0 Å². The van der Waals surface area contributed by atoms with Crippen LogP contribution in [0.25, 0.3) is 0 Å². The van der Waals surface area contributed by atoms with Crippen molar-refractivity contribution in [2.75, 3.05) is 0 Å². The molecule has 144 valence electrons. The number of rotatable bonds is 3. The SMILES string of the molecule is C[C@@H]1[C@@H](C(=O)OC(C)(C)C)[C@@H](c2ccccc2)N[C@H]1C(=O)OC(C)(C)C. The van der Waals surface area contributed by atoms with Gasteiger partial charge in [-0.05, 0) is 53.0 Å². The second-order valence-corrected chi connectivity index (χ2v) is 8.98. The molecule has 0 radical (unpaired) electrons. The fraction of sp³-hybridized carbons (Fsp3) is 0.619. The smallest absolute Gasteiger partial charge is 0.323 e. The quantitative estimate of drug-likeness (QED) is 0.833. The van der Waals surface area contributed by atoms with Crippen LogP contribution in [0.15, 0.2) is 30.3 Å². The Morgan fingerprint density at radius 3 is 1.88 bits per heavy atom. The normalized spacial score (nSPS) is 26.4. The molecule has 0 amide bonds. The molecule has 4 atom stereocenters. The minimum absolute atomic E-state index is 0.245. The molecular weight excluding hydrogens is 330 g/mol. The van der Waals surface area contributed by atoms with Crippen molar-refractivity contribution in [3.05, 3.63) is 35.9 Å². The lowest BCUT2D eigenvalue weighted by Crippen LogP contribution is -2.41. The van der Waals surface area contributed by atoms with Gasteiger partial charge in [0.1, 0.15) is 17.2 Å². The summed E-state index contributed by atoms with van der Waals surface area (Å²) in [7, 11) is 0. The molecule has 1 aliphatic rings. The van der Waals surface area contributed by atoms with Crippen LogP contribution in [0.4, 0.5) is 0 Å². The van der Waals surface area contributed by atoms with Crippen LogP contribution in [0.1, 0.15) is 60.1 Å². The van der Waals surface area contributed by atoms with Crippen molar-refractivity contribution in [2.45, 2.75) is 71.8 Å². The predicted octanol–water partition coefficient (Wildman–Crippen LogP) is 3.64. The number of carbonyl (C=O) groups excluding carboxylic acids is 2. The number of nitrogens with one attached hydrogen (secondary N) is 1. The van der Waals surface area contributed by atoms with Crippen LogP contribution >= 0.6 is 0 Å². The second-order valence-electron chi connectivity index (χ2n) is 8.98. The fourth-order valence-corrected chi connectivity index (χ4v) is 3.29. The molecule has 0 saturated carbocycles. The molecule has 1 fully saturated rings. The Morgan fingerprint density at radius 2 is 1.38 bits per heavy atom. The molecule has 0 unspecified atom stereocenters. The van der Waals surface area contributed by atoms with Gasteiger partial charge in [-0.2, -0.15) is 0 Å². The van der Waals surface area contributed by atoms with Gasteiger partial charge in [-0.15, -0.1) is 0 Å². The first kappa shape index (κ1) is 20.4. The van der Waals surface area contributed by atoms with E-state index in [0.717, 1.165) is 5.56 Å². The molecule has 0 aromatic heterocycles. The average Bonchev–Trinajstić information content (AvgIpc) is 2.82. The number of hydrogen-bond donors (Lipinski definition) is 1. The van der Waals surface area contributed by atoms with E-state index in [9.17, 15) is 9.59 Å². The second kappa shape index (κ2) is 7.39. The van der Waals surface area contributed by atoms with Crippen LogP contribution in [0, 0.1) is 11.8 Å². The van der Waals surface area contributed by atoms with Gasteiger partial charge in [-0.25, -0.2) is 0 Å². The summed E-state index contributed by atoms with van der Waals surface area (Å²) in [5.74, 6) is -1.34. The van der Waals surface area contributed by atoms with Gasteiger partial charge >= 0.3 is 11.9 Å². The molecule has 0 aliphatic carbocycles. The van der Waals surface area contributed by atoms with E-state index in [2.05, 4.69) is 5.32 Å². The molecule has 1 aromatic carbocycles. The van der Waals surface area contributed by atoms with Gasteiger partial charge in [0.05, 0.1) is 5.92 Å². The lowest BCUT2D eigenvalue weighted by molar-refractivity contribution is -0.162. The third-order valence-electron chi connectivity index (χ3n) is 4.31. The number of carbonyl (C=O) groups is 2. The zero-order chi connectivity index (χ0) is 19.7. The monoisotopic (exact) mass is 361 g/mol. The minimum Gasteiger partial charge on any atom is -0.460 e. The van der Waals surface area contributed by atoms with E-state index in [-0.39, 0.29) is 23.9 Å². The molecule has 1 heterocycles. The van der Waals surface area contributed by atoms with E-state index in [4.69, 9.17) is 9.47 Å². The standard InChI is InChI=1S/C21H31NO4/c1-13-15(18(23)25-20(2,3)4)17(14-11-9-8-10-12-14)22-16(13)19(24)26-21(5,6)7/h8-13,15-17,22H,1-7H3/t13-,15-,16-,17-/m1/s1. The Kier molecular flexibility index (Phi) is 5.81. The summed E-state index contributed by atoms with van der Waals surface area (Å²) in [6, 6.07) is 8.84. The van der Waals surface area contributed by atoms with Gasteiger partial charge < -0.3 is 9.47 Å². The summed E-state index contributed by atoms with van der Waals surface area (Å²) >= 11 is 0.